The highest BCUT2D eigenvalue weighted by Gasteiger charge is 2.16. The zero-order valence-electron chi connectivity index (χ0n) is 10.7. The predicted molar refractivity (Wildman–Crippen MR) is 84.1 cm³/mol. The first-order chi connectivity index (χ1) is 9.63. The number of halogens is 1. The number of hydrogen-bond acceptors (Lipinski definition) is 3. The van der Waals surface area contributed by atoms with Gasteiger partial charge in [-0.3, -0.25) is 4.79 Å². The maximum absolute atomic E-state index is 12.1. The molecule has 0 fully saturated rings. The van der Waals surface area contributed by atoms with Crippen molar-refractivity contribution in [3.05, 3.63) is 56.9 Å². The number of carbonyl (C=O) groups excluding carboxylic acids is 1. The summed E-state index contributed by atoms with van der Waals surface area (Å²) in [5.41, 5.74) is 1.49. The molecule has 3 aromatic rings. The van der Waals surface area contributed by atoms with Gasteiger partial charge in [0, 0.05) is 10.8 Å². The summed E-state index contributed by atoms with van der Waals surface area (Å²) in [7, 11) is 0. The smallest absolute Gasteiger partial charge is 0.252 e. The lowest BCUT2D eigenvalue weighted by molar-refractivity contribution is 0.0936. The molecule has 1 N–H and O–H groups in total. The Labute approximate surface area is 128 Å². The first-order valence-corrected chi connectivity index (χ1v) is 7.84. The van der Waals surface area contributed by atoms with Crippen LogP contribution in [0.1, 0.15) is 29.1 Å². The highest BCUT2D eigenvalue weighted by molar-refractivity contribution is 9.11. The molecule has 0 aliphatic rings. The molecule has 3 nitrogen and oxygen atoms in total. The molecule has 5 heteroatoms. The summed E-state index contributed by atoms with van der Waals surface area (Å²) in [6.45, 7) is 1.91. The molecule has 1 aromatic carbocycles. The van der Waals surface area contributed by atoms with Crippen LogP contribution in [0.2, 0.25) is 0 Å². The summed E-state index contributed by atoms with van der Waals surface area (Å²) in [5.74, 6) is 0.661. The number of fused-ring (bicyclic) bond motifs is 1. The van der Waals surface area contributed by atoms with E-state index in [1.165, 1.54) is 11.3 Å². The maximum Gasteiger partial charge on any atom is 0.252 e. The molecule has 0 saturated carbocycles. The van der Waals surface area contributed by atoms with Gasteiger partial charge >= 0.3 is 0 Å². The van der Waals surface area contributed by atoms with E-state index in [1.54, 1.807) is 0 Å². The van der Waals surface area contributed by atoms with E-state index in [0.29, 0.717) is 5.56 Å². The Morgan fingerprint density at radius 2 is 2.15 bits per heavy atom. The summed E-state index contributed by atoms with van der Waals surface area (Å²) in [5, 5.41) is 5.81. The van der Waals surface area contributed by atoms with Crippen molar-refractivity contribution in [1.82, 2.24) is 5.32 Å². The Kier molecular flexibility index (Phi) is 3.63. The fourth-order valence-electron chi connectivity index (χ4n) is 2.00. The van der Waals surface area contributed by atoms with E-state index in [1.807, 2.05) is 48.7 Å². The van der Waals surface area contributed by atoms with E-state index in [4.69, 9.17) is 4.42 Å². The van der Waals surface area contributed by atoms with Crippen LogP contribution in [0.25, 0.3) is 11.0 Å². The molecule has 1 unspecified atom stereocenters. The van der Waals surface area contributed by atoms with Crippen LogP contribution in [-0.4, -0.2) is 5.91 Å². The third-order valence-corrected chi connectivity index (χ3v) is 4.55. The minimum atomic E-state index is -0.173. The van der Waals surface area contributed by atoms with E-state index in [0.717, 1.165) is 20.5 Å². The Hall–Kier alpha value is -1.59. The average Bonchev–Trinajstić information content (AvgIpc) is 3.04. The molecule has 0 aliphatic heterocycles. The van der Waals surface area contributed by atoms with E-state index < -0.39 is 0 Å². The molecule has 2 aromatic heterocycles. The Morgan fingerprint density at radius 3 is 2.85 bits per heavy atom. The first kappa shape index (κ1) is 13.4. The summed E-state index contributed by atoms with van der Waals surface area (Å²) < 4.78 is 6.69. The second kappa shape index (κ2) is 5.42. The van der Waals surface area contributed by atoms with E-state index in [2.05, 4.69) is 21.2 Å². The monoisotopic (exact) mass is 349 g/mol. The molecule has 0 bridgehead atoms. The number of furan rings is 1. The van der Waals surface area contributed by atoms with Gasteiger partial charge in [-0.2, -0.15) is 0 Å². The molecule has 0 spiro atoms. The first-order valence-electron chi connectivity index (χ1n) is 6.17. The molecular weight excluding hydrogens is 338 g/mol. The standard InChI is InChI=1S/C15H12BrNO2S/c1-9(17-15(18)11-7-14(16)20-8-11)13-6-10-4-2-3-5-12(10)19-13/h2-9H,1H3,(H,17,18). The van der Waals surface area contributed by atoms with Gasteiger partial charge in [0.15, 0.2) is 0 Å². The average molecular weight is 350 g/mol. The van der Waals surface area contributed by atoms with Crippen LogP contribution in [0.4, 0.5) is 0 Å². The van der Waals surface area contributed by atoms with Crippen molar-refractivity contribution in [2.24, 2.45) is 0 Å². The molecule has 20 heavy (non-hydrogen) atoms. The molecule has 102 valence electrons. The van der Waals surface area contributed by atoms with Gasteiger partial charge in [0.25, 0.3) is 5.91 Å². The van der Waals surface area contributed by atoms with Gasteiger partial charge in [0.05, 0.1) is 15.4 Å². The van der Waals surface area contributed by atoms with Crippen molar-refractivity contribution < 1.29 is 9.21 Å². The fraction of sp³-hybridized carbons (Fsp3) is 0.133. The third-order valence-electron chi connectivity index (χ3n) is 3.05. The lowest BCUT2D eigenvalue weighted by Gasteiger charge is -2.10. The van der Waals surface area contributed by atoms with Gasteiger partial charge in [-0.25, -0.2) is 0 Å². The maximum atomic E-state index is 12.1. The summed E-state index contributed by atoms with van der Waals surface area (Å²) in [4.78, 5) is 12.1. The Bertz CT molecular complexity index is 729. The number of para-hydroxylation sites is 1. The molecule has 1 amide bonds. The highest BCUT2D eigenvalue weighted by atomic mass is 79.9. The third kappa shape index (κ3) is 2.64. The zero-order valence-corrected chi connectivity index (χ0v) is 13.1. The van der Waals surface area contributed by atoms with Crippen molar-refractivity contribution in [2.45, 2.75) is 13.0 Å². The van der Waals surface area contributed by atoms with Crippen LogP contribution in [0.3, 0.4) is 0 Å². The Morgan fingerprint density at radius 1 is 1.35 bits per heavy atom. The number of hydrogen-bond donors (Lipinski definition) is 1. The normalized spacial score (nSPS) is 12.5. The molecule has 0 saturated heterocycles. The van der Waals surface area contributed by atoms with Gasteiger partial charge in [0.2, 0.25) is 0 Å². The van der Waals surface area contributed by atoms with Gasteiger partial charge < -0.3 is 9.73 Å². The van der Waals surface area contributed by atoms with Gasteiger partial charge in [-0.15, -0.1) is 11.3 Å². The molecule has 1 atom stereocenters. The van der Waals surface area contributed by atoms with Crippen molar-refractivity contribution in [3.63, 3.8) is 0 Å². The van der Waals surface area contributed by atoms with Crippen molar-refractivity contribution in [2.75, 3.05) is 0 Å². The van der Waals surface area contributed by atoms with Crippen LogP contribution in [-0.2, 0) is 0 Å². The van der Waals surface area contributed by atoms with E-state index >= 15 is 0 Å². The van der Waals surface area contributed by atoms with Crippen molar-refractivity contribution in [1.29, 1.82) is 0 Å². The quantitative estimate of drug-likeness (QED) is 0.741. The fourth-order valence-corrected chi connectivity index (χ4v) is 3.13. The largest absolute Gasteiger partial charge is 0.459 e. The molecular formula is C15H12BrNO2S. The van der Waals surface area contributed by atoms with Crippen molar-refractivity contribution >= 4 is 44.1 Å². The predicted octanol–water partition coefficient (Wildman–Crippen LogP) is 4.75. The number of benzene rings is 1. The van der Waals surface area contributed by atoms with Crippen LogP contribution >= 0.6 is 27.3 Å². The van der Waals surface area contributed by atoms with Crippen LogP contribution < -0.4 is 5.32 Å². The van der Waals surface area contributed by atoms with Crippen LogP contribution in [0.15, 0.2) is 50.0 Å². The summed E-state index contributed by atoms with van der Waals surface area (Å²) in [6.07, 6.45) is 0. The topological polar surface area (TPSA) is 42.2 Å². The zero-order chi connectivity index (χ0) is 14.1. The molecule has 3 rings (SSSR count). The van der Waals surface area contributed by atoms with Gasteiger partial charge in [-0.05, 0) is 41.1 Å². The van der Waals surface area contributed by atoms with Crippen LogP contribution in [0, 0.1) is 0 Å². The highest BCUT2D eigenvalue weighted by Crippen LogP contribution is 2.25. The lowest BCUT2D eigenvalue weighted by Crippen LogP contribution is -2.25. The summed E-state index contributed by atoms with van der Waals surface area (Å²) >= 11 is 4.85. The molecule has 0 radical (unpaired) electrons. The number of carbonyl (C=O) groups is 1. The van der Waals surface area contributed by atoms with Crippen LogP contribution in [0.5, 0.6) is 0 Å². The Balaban J connectivity index is 1.78. The second-order valence-electron chi connectivity index (χ2n) is 4.52. The molecule has 0 aliphatic carbocycles. The number of amides is 1. The van der Waals surface area contributed by atoms with E-state index in [-0.39, 0.29) is 11.9 Å². The van der Waals surface area contributed by atoms with Crippen molar-refractivity contribution in [3.8, 4) is 0 Å². The van der Waals surface area contributed by atoms with Gasteiger partial charge in [-0.1, -0.05) is 18.2 Å². The number of nitrogens with one attached hydrogen (secondary N) is 1. The second-order valence-corrected chi connectivity index (χ2v) is 6.81. The van der Waals surface area contributed by atoms with Gasteiger partial charge in [0.1, 0.15) is 11.3 Å². The summed E-state index contributed by atoms with van der Waals surface area (Å²) in [6, 6.07) is 11.4. The molecule has 2 heterocycles. The SMILES string of the molecule is CC(NC(=O)c1csc(Br)c1)c1cc2ccccc2o1. The minimum absolute atomic E-state index is 0.0973. The number of thiophene rings is 1. The minimum Gasteiger partial charge on any atom is -0.459 e. The van der Waals surface area contributed by atoms with E-state index in [9.17, 15) is 4.79 Å². The lowest BCUT2D eigenvalue weighted by atomic mass is 10.2. The number of rotatable bonds is 3.